The number of carbonyl (C=O) groups is 2. The van der Waals surface area contributed by atoms with Gasteiger partial charge < -0.3 is 15.4 Å². The summed E-state index contributed by atoms with van der Waals surface area (Å²) in [5, 5.41) is 0. The summed E-state index contributed by atoms with van der Waals surface area (Å²) in [5.74, 6) is -0.274. The summed E-state index contributed by atoms with van der Waals surface area (Å²) in [4.78, 5) is 24.7. The maximum absolute atomic E-state index is 12.1. The van der Waals surface area contributed by atoms with Gasteiger partial charge in [-0.3, -0.25) is 9.59 Å². The van der Waals surface area contributed by atoms with Crippen molar-refractivity contribution in [3.8, 4) is 0 Å². The lowest BCUT2D eigenvalue weighted by atomic mass is 10.0. The van der Waals surface area contributed by atoms with Crippen LogP contribution in [0.3, 0.4) is 0 Å². The Kier molecular flexibility index (Phi) is 6.80. The molecule has 5 nitrogen and oxygen atoms in total. The predicted octanol–water partition coefficient (Wildman–Crippen LogP) is 0.770. The molecule has 1 amide bonds. The number of rotatable bonds is 6. The zero-order valence-corrected chi connectivity index (χ0v) is 11.4. The Labute approximate surface area is 103 Å². The van der Waals surface area contributed by atoms with Crippen molar-refractivity contribution >= 4 is 11.9 Å². The highest BCUT2D eigenvalue weighted by Gasteiger charge is 2.25. The molecule has 0 radical (unpaired) electrons. The van der Waals surface area contributed by atoms with Gasteiger partial charge >= 0.3 is 5.97 Å². The minimum Gasteiger partial charge on any atom is -0.468 e. The smallest absolute Gasteiger partial charge is 0.325 e. The van der Waals surface area contributed by atoms with E-state index >= 15 is 0 Å². The molecule has 0 aliphatic carbocycles. The van der Waals surface area contributed by atoms with Crippen LogP contribution in [-0.4, -0.2) is 42.5 Å². The van der Waals surface area contributed by atoms with Crippen molar-refractivity contribution in [1.82, 2.24) is 4.90 Å². The monoisotopic (exact) mass is 244 g/mol. The second kappa shape index (κ2) is 7.27. The first-order chi connectivity index (χ1) is 7.79. The van der Waals surface area contributed by atoms with Gasteiger partial charge in [0.25, 0.3) is 0 Å². The van der Waals surface area contributed by atoms with Crippen LogP contribution >= 0.6 is 0 Å². The third-order valence-electron chi connectivity index (χ3n) is 2.48. The van der Waals surface area contributed by atoms with Crippen LogP contribution in [-0.2, 0) is 14.3 Å². The maximum Gasteiger partial charge on any atom is 0.325 e. The van der Waals surface area contributed by atoms with E-state index in [9.17, 15) is 9.59 Å². The molecule has 0 aliphatic rings. The highest BCUT2D eigenvalue weighted by Crippen LogP contribution is 2.08. The van der Waals surface area contributed by atoms with E-state index in [1.807, 2.05) is 27.7 Å². The van der Waals surface area contributed by atoms with Crippen molar-refractivity contribution in [1.29, 1.82) is 0 Å². The number of esters is 1. The van der Waals surface area contributed by atoms with Crippen LogP contribution < -0.4 is 5.73 Å². The fourth-order valence-electron chi connectivity index (χ4n) is 1.54. The number of ether oxygens (including phenoxy) is 1. The van der Waals surface area contributed by atoms with Gasteiger partial charge in [-0.15, -0.1) is 0 Å². The summed E-state index contributed by atoms with van der Waals surface area (Å²) in [7, 11) is 1.30. The topological polar surface area (TPSA) is 72.6 Å². The Morgan fingerprint density at radius 2 is 1.76 bits per heavy atom. The van der Waals surface area contributed by atoms with Crippen LogP contribution in [0.4, 0.5) is 0 Å². The van der Waals surface area contributed by atoms with E-state index in [1.54, 1.807) is 0 Å². The van der Waals surface area contributed by atoms with E-state index in [0.717, 1.165) is 0 Å². The average molecular weight is 244 g/mol. The molecule has 0 spiro atoms. The molecule has 0 rings (SSSR count). The lowest BCUT2D eigenvalue weighted by Gasteiger charge is -2.28. The molecule has 0 aromatic carbocycles. The second-order valence-corrected chi connectivity index (χ2v) is 4.87. The SMILES string of the molecule is COC(=O)CN(C(=O)[C@@H](N)CC(C)C)C(C)C. The minimum atomic E-state index is -0.554. The van der Waals surface area contributed by atoms with E-state index in [1.165, 1.54) is 12.0 Å². The van der Waals surface area contributed by atoms with Gasteiger partial charge in [-0.1, -0.05) is 13.8 Å². The summed E-state index contributed by atoms with van der Waals surface area (Å²) < 4.78 is 4.57. The van der Waals surface area contributed by atoms with Crippen LogP contribution in [0.15, 0.2) is 0 Å². The third kappa shape index (κ3) is 5.68. The number of nitrogens with two attached hydrogens (primary N) is 1. The number of amides is 1. The van der Waals surface area contributed by atoms with Crippen molar-refractivity contribution in [3.63, 3.8) is 0 Å². The average Bonchev–Trinajstić information content (AvgIpc) is 2.23. The molecule has 0 heterocycles. The van der Waals surface area contributed by atoms with Gasteiger partial charge in [0.2, 0.25) is 5.91 Å². The van der Waals surface area contributed by atoms with Gasteiger partial charge in [0.1, 0.15) is 6.54 Å². The van der Waals surface area contributed by atoms with Crippen molar-refractivity contribution in [2.24, 2.45) is 11.7 Å². The van der Waals surface area contributed by atoms with Crippen LogP contribution in [0.25, 0.3) is 0 Å². The Hall–Kier alpha value is -1.10. The van der Waals surface area contributed by atoms with Gasteiger partial charge in [-0.25, -0.2) is 0 Å². The molecule has 0 bridgehead atoms. The number of hydrogen-bond donors (Lipinski definition) is 1. The molecular formula is C12H24N2O3. The molecular weight excluding hydrogens is 220 g/mol. The van der Waals surface area contributed by atoms with E-state index in [4.69, 9.17) is 5.73 Å². The molecule has 0 saturated heterocycles. The summed E-state index contributed by atoms with van der Waals surface area (Å²) in [6.45, 7) is 7.67. The van der Waals surface area contributed by atoms with Crippen molar-refractivity contribution in [3.05, 3.63) is 0 Å². The van der Waals surface area contributed by atoms with E-state index < -0.39 is 12.0 Å². The molecule has 0 unspecified atom stereocenters. The molecule has 0 aromatic rings. The summed E-state index contributed by atoms with van der Waals surface area (Å²) in [5.41, 5.74) is 5.83. The standard InChI is InChI=1S/C12H24N2O3/c1-8(2)6-10(13)12(16)14(9(3)4)7-11(15)17-5/h8-10H,6-7,13H2,1-5H3/t10-/m0/s1. The molecule has 5 heteroatoms. The van der Waals surface area contributed by atoms with E-state index in [2.05, 4.69) is 4.74 Å². The lowest BCUT2D eigenvalue weighted by molar-refractivity contribution is -0.148. The van der Waals surface area contributed by atoms with Crippen LogP contribution in [0.2, 0.25) is 0 Å². The molecule has 17 heavy (non-hydrogen) atoms. The highest BCUT2D eigenvalue weighted by atomic mass is 16.5. The van der Waals surface area contributed by atoms with Gasteiger partial charge in [0.05, 0.1) is 13.2 Å². The molecule has 0 aromatic heterocycles. The molecule has 0 saturated carbocycles. The predicted molar refractivity (Wildman–Crippen MR) is 66.3 cm³/mol. The lowest BCUT2D eigenvalue weighted by Crippen LogP contribution is -2.49. The fraction of sp³-hybridized carbons (Fsp3) is 0.833. The Morgan fingerprint density at radius 3 is 2.12 bits per heavy atom. The van der Waals surface area contributed by atoms with Crippen LogP contribution in [0, 0.1) is 5.92 Å². The number of nitrogens with zero attached hydrogens (tertiary/aromatic N) is 1. The quantitative estimate of drug-likeness (QED) is 0.700. The zero-order chi connectivity index (χ0) is 13.6. The number of carbonyl (C=O) groups excluding carboxylic acids is 2. The molecule has 0 fully saturated rings. The number of methoxy groups -OCH3 is 1. The van der Waals surface area contributed by atoms with E-state index in [-0.39, 0.29) is 18.5 Å². The normalized spacial score (nSPS) is 12.7. The Bertz CT molecular complexity index is 264. The zero-order valence-electron chi connectivity index (χ0n) is 11.4. The van der Waals surface area contributed by atoms with Gasteiger partial charge in [0, 0.05) is 6.04 Å². The van der Waals surface area contributed by atoms with Gasteiger partial charge in [-0.05, 0) is 26.2 Å². The molecule has 100 valence electrons. The first-order valence-corrected chi connectivity index (χ1v) is 5.92. The third-order valence-corrected chi connectivity index (χ3v) is 2.48. The Morgan fingerprint density at radius 1 is 1.24 bits per heavy atom. The summed E-state index contributed by atoms with van der Waals surface area (Å²) in [6, 6.07) is -0.623. The van der Waals surface area contributed by atoms with Gasteiger partial charge in [-0.2, -0.15) is 0 Å². The van der Waals surface area contributed by atoms with Gasteiger partial charge in [0.15, 0.2) is 0 Å². The molecule has 0 aliphatic heterocycles. The highest BCUT2D eigenvalue weighted by molar-refractivity contribution is 5.85. The first kappa shape index (κ1) is 15.9. The van der Waals surface area contributed by atoms with Crippen molar-refractivity contribution in [2.45, 2.75) is 46.2 Å². The van der Waals surface area contributed by atoms with Crippen LogP contribution in [0.5, 0.6) is 0 Å². The van der Waals surface area contributed by atoms with E-state index in [0.29, 0.717) is 12.3 Å². The largest absolute Gasteiger partial charge is 0.468 e. The first-order valence-electron chi connectivity index (χ1n) is 5.92. The molecule has 1 atom stereocenters. The van der Waals surface area contributed by atoms with Crippen LogP contribution in [0.1, 0.15) is 34.1 Å². The molecule has 2 N–H and O–H groups in total. The Balaban J connectivity index is 4.59. The summed E-state index contributed by atoms with van der Waals surface area (Å²) in [6.07, 6.45) is 0.614. The minimum absolute atomic E-state index is 0.0429. The summed E-state index contributed by atoms with van der Waals surface area (Å²) >= 11 is 0. The van der Waals surface area contributed by atoms with Crippen molar-refractivity contribution in [2.75, 3.05) is 13.7 Å². The van der Waals surface area contributed by atoms with Crippen molar-refractivity contribution < 1.29 is 14.3 Å². The second-order valence-electron chi connectivity index (χ2n) is 4.87. The number of hydrogen-bond acceptors (Lipinski definition) is 4. The maximum atomic E-state index is 12.1. The fourth-order valence-corrected chi connectivity index (χ4v) is 1.54.